The van der Waals surface area contributed by atoms with Crippen LogP contribution in [0.4, 0.5) is 13.2 Å². The van der Waals surface area contributed by atoms with Gasteiger partial charge in [0.25, 0.3) is 0 Å². The molecule has 0 amide bonds. The van der Waals surface area contributed by atoms with Gasteiger partial charge in [-0.25, -0.2) is 13.4 Å². The molecule has 1 aliphatic rings. The van der Waals surface area contributed by atoms with Gasteiger partial charge in [0.1, 0.15) is 5.65 Å². The lowest BCUT2D eigenvalue weighted by molar-refractivity contribution is -0.137. The predicted molar refractivity (Wildman–Crippen MR) is 105 cm³/mol. The maximum absolute atomic E-state index is 12.9. The van der Waals surface area contributed by atoms with Crippen molar-refractivity contribution >= 4 is 15.7 Å². The number of benzene rings is 1. The maximum atomic E-state index is 12.9. The fourth-order valence-electron chi connectivity index (χ4n) is 3.62. The first-order valence-electron chi connectivity index (χ1n) is 9.47. The largest absolute Gasteiger partial charge is 0.416 e. The van der Waals surface area contributed by atoms with Crippen LogP contribution in [-0.2, 0) is 22.7 Å². The van der Waals surface area contributed by atoms with E-state index in [2.05, 4.69) is 9.88 Å². The van der Waals surface area contributed by atoms with Crippen LogP contribution >= 0.6 is 0 Å². The Labute approximate surface area is 172 Å². The van der Waals surface area contributed by atoms with Crippen LogP contribution in [0.25, 0.3) is 5.65 Å². The molecule has 1 fully saturated rings. The molecule has 1 aromatic carbocycles. The van der Waals surface area contributed by atoms with Gasteiger partial charge in [-0.15, -0.1) is 0 Å². The van der Waals surface area contributed by atoms with Crippen LogP contribution in [0.15, 0.2) is 53.7 Å². The molecular weight excluding hydrogens is 417 g/mol. The number of halogens is 3. The first kappa shape index (κ1) is 20.8. The van der Waals surface area contributed by atoms with Crippen LogP contribution in [0.3, 0.4) is 0 Å². The van der Waals surface area contributed by atoms with E-state index in [0.29, 0.717) is 25.7 Å². The minimum Gasteiger partial charge on any atom is -0.307 e. The second-order valence-corrected chi connectivity index (χ2v) is 9.30. The Morgan fingerprint density at radius 3 is 2.47 bits per heavy atom. The summed E-state index contributed by atoms with van der Waals surface area (Å²) in [5.74, 6) is 0. The molecule has 0 aliphatic carbocycles. The number of aromatic nitrogens is 2. The maximum Gasteiger partial charge on any atom is 0.416 e. The molecule has 3 aromatic rings. The lowest BCUT2D eigenvalue weighted by Crippen LogP contribution is -2.48. The van der Waals surface area contributed by atoms with Gasteiger partial charge in [0.2, 0.25) is 10.0 Å². The molecule has 1 aliphatic heterocycles. The minimum atomic E-state index is -4.59. The zero-order chi connectivity index (χ0) is 21.5. The smallest absolute Gasteiger partial charge is 0.307 e. The summed E-state index contributed by atoms with van der Waals surface area (Å²) in [5, 5.41) is 0. The number of hydrogen-bond donors (Lipinski definition) is 0. The second-order valence-electron chi connectivity index (χ2n) is 7.36. The molecule has 0 unspecified atom stereocenters. The number of piperazine rings is 1. The van der Waals surface area contributed by atoms with Gasteiger partial charge in [0, 0.05) is 45.1 Å². The van der Waals surface area contributed by atoms with Gasteiger partial charge >= 0.3 is 6.18 Å². The molecular formula is C20H21F3N4O2S. The number of imidazole rings is 1. The molecule has 0 N–H and O–H groups in total. The number of hydrogen-bond acceptors (Lipinski definition) is 4. The fourth-order valence-corrected chi connectivity index (χ4v) is 5.09. The first-order valence-corrected chi connectivity index (χ1v) is 10.9. The van der Waals surface area contributed by atoms with Gasteiger partial charge in [-0.1, -0.05) is 12.1 Å². The Hall–Kier alpha value is -2.43. The average molecular weight is 438 g/mol. The molecule has 1 saturated heterocycles. The number of sulfonamides is 1. The Morgan fingerprint density at radius 1 is 1.07 bits per heavy atom. The van der Waals surface area contributed by atoms with Gasteiger partial charge in [0.15, 0.2) is 0 Å². The highest BCUT2D eigenvalue weighted by Gasteiger charge is 2.34. The molecule has 10 heteroatoms. The molecule has 0 radical (unpaired) electrons. The normalized spacial score (nSPS) is 16.9. The molecule has 0 bridgehead atoms. The molecule has 2 aromatic heterocycles. The summed E-state index contributed by atoms with van der Waals surface area (Å²) in [4.78, 5) is 6.40. The summed E-state index contributed by atoms with van der Waals surface area (Å²) < 4.78 is 67.6. The molecule has 30 heavy (non-hydrogen) atoms. The van der Waals surface area contributed by atoms with E-state index in [4.69, 9.17) is 0 Å². The van der Waals surface area contributed by atoms with E-state index in [0.717, 1.165) is 29.0 Å². The predicted octanol–water partition coefficient (Wildman–Crippen LogP) is 3.17. The highest BCUT2D eigenvalue weighted by atomic mass is 32.2. The number of aryl methyl sites for hydroxylation is 1. The zero-order valence-corrected chi connectivity index (χ0v) is 17.1. The Balaban J connectivity index is 1.44. The standard InChI is InChI=1S/C20H21F3N4O2S/c1-15-4-3-7-26-14-17(24-19(15)26)13-25-8-10-27(11-9-25)30(28,29)18-6-2-5-16(12-18)20(21,22)23/h2-7,12,14H,8-11,13H2,1H3. The molecule has 0 saturated carbocycles. The minimum absolute atomic E-state index is 0.213. The lowest BCUT2D eigenvalue weighted by atomic mass is 10.2. The van der Waals surface area contributed by atoms with Crippen molar-refractivity contribution in [2.24, 2.45) is 0 Å². The van der Waals surface area contributed by atoms with Crippen molar-refractivity contribution in [3.8, 4) is 0 Å². The number of fused-ring (bicyclic) bond motifs is 1. The van der Waals surface area contributed by atoms with E-state index < -0.39 is 21.8 Å². The van der Waals surface area contributed by atoms with Crippen LogP contribution in [0, 0.1) is 6.92 Å². The van der Waals surface area contributed by atoms with E-state index in [9.17, 15) is 21.6 Å². The van der Waals surface area contributed by atoms with Crippen molar-refractivity contribution in [1.29, 1.82) is 0 Å². The van der Waals surface area contributed by atoms with E-state index >= 15 is 0 Å². The van der Waals surface area contributed by atoms with Crippen LogP contribution in [0.1, 0.15) is 16.8 Å². The van der Waals surface area contributed by atoms with Crippen LogP contribution in [0.5, 0.6) is 0 Å². The molecule has 160 valence electrons. The Kier molecular flexibility index (Phi) is 5.33. The van der Waals surface area contributed by atoms with Gasteiger partial charge in [-0.05, 0) is 36.8 Å². The molecule has 0 atom stereocenters. The quantitative estimate of drug-likeness (QED) is 0.628. The Bertz CT molecular complexity index is 1170. The third-order valence-electron chi connectivity index (χ3n) is 5.24. The average Bonchev–Trinajstić information content (AvgIpc) is 3.12. The summed E-state index contributed by atoms with van der Waals surface area (Å²) >= 11 is 0. The van der Waals surface area contributed by atoms with Gasteiger partial charge < -0.3 is 4.40 Å². The summed E-state index contributed by atoms with van der Waals surface area (Å²) in [7, 11) is -3.98. The van der Waals surface area contributed by atoms with Gasteiger partial charge in [-0.2, -0.15) is 17.5 Å². The molecule has 4 rings (SSSR count). The van der Waals surface area contributed by atoms with Crippen molar-refractivity contribution in [3.05, 3.63) is 65.6 Å². The second kappa shape index (κ2) is 7.68. The van der Waals surface area contributed by atoms with Crippen LogP contribution in [-0.4, -0.2) is 53.2 Å². The van der Waals surface area contributed by atoms with E-state index in [1.807, 2.05) is 35.9 Å². The van der Waals surface area contributed by atoms with Crippen molar-refractivity contribution in [2.75, 3.05) is 26.2 Å². The summed E-state index contributed by atoms with van der Waals surface area (Å²) in [5.41, 5.74) is 1.88. The lowest BCUT2D eigenvalue weighted by Gasteiger charge is -2.33. The molecule has 0 spiro atoms. The van der Waals surface area contributed by atoms with Crippen molar-refractivity contribution < 1.29 is 21.6 Å². The fraction of sp³-hybridized carbons (Fsp3) is 0.350. The number of nitrogens with zero attached hydrogens (tertiary/aromatic N) is 4. The topological polar surface area (TPSA) is 57.9 Å². The molecule has 3 heterocycles. The van der Waals surface area contributed by atoms with Crippen LogP contribution in [0.2, 0.25) is 0 Å². The summed E-state index contributed by atoms with van der Waals surface area (Å²) in [6, 6.07) is 7.83. The number of alkyl halides is 3. The SMILES string of the molecule is Cc1cccn2cc(CN3CCN(S(=O)(=O)c4cccc(C(F)(F)F)c4)CC3)nc12. The summed E-state index contributed by atoms with van der Waals surface area (Å²) in [6.07, 6.45) is -0.705. The van der Waals surface area contributed by atoms with E-state index in [1.54, 1.807) is 0 Å². The van der Waals surface area contributed by atoms with Gasteiger partial charge in [-0.3, -0.25) is 4.90 Å². The number of pyridine rings is 1. The van der Waals surface area contributed by atoms with Crippen molar-refractivity contribution in [3.63, 3.8) is 0 Å². The third-order valence-corrected chi connectivity index (χ3v) is 7.14. The zero-order valence-electron chi connectivity index (χ0n) is 16.3. The number of rotatable bonds is 4. The van der Waals surface area contributed by atoms with E-state index in [1.165, 1.54) is 10.4 Å². The first-order chi connectivity index (χ1) is 14.1. The van der Waals surface area contributed by atoms with Crippen molar-refractivity contribution in [1.82, 2.24) is 18.6 Å². The summed E-state index contributed by atoms with van der Waals surface area (Å²) in [6.45, 7) is 3.95. The highest BCUT2D eigenvalue weighted by Crippen LogP contribution is 2.31. The van der Waals surface area contributed by atoms with Crippen LogP contribution < -0.4 is 0 Å². The van der Waals surface area contributed by atoms with Gasteiger partial charge in [0.05, 0.1) is 16.2 Å². The monoisotopic (exact) mass is 438 g/mol. The highest BCUT2D eigenvalue weighted by molar-refractivity contribution is 7.89. The third kappa shape index (κ3) is 4.07. The van der Waals surface area contributed by atoms with E-state index in [-0.39, 0.29) is 18.0 Å². The molecule has 6 nitrogen and oxygen atoms in total. The van der Waals surface area contributed by atoms with Crippen molar-refractivity contribution in [2.45, 2.75) is 24.5 Å². The Morgan fingerprint density at radius 2 is 1.80 bits per heavy atom.